The number of anilines is 1. The van der Waals surface area contributed by atoms with Crippen molar-refractivity contribution in [1.82, 2.24) is 9.97 Å². The number of ether oxygens (including phenoxy) is 1. The largest absolute Gasteiger partial charge is 0.476 e. The maximum atomic E-state index is 13.7. The molecule has 0 spiro atoms. The molecule has 0 bridgehead atoms. The molecule has 0 aliphatic heterocycles. The van der Waals surface area contributed by atoms with Crippen molar-refractivity contribution in [2.45, 2.75) is 26.4 Å². The minimum absolute atomic E-state index is 0.0477. The van der Waals surface area contributed by atoms with Crippen LogP contribution in [0.4, 0.5) is 14.2 Å². The Labute approximate surface area is 135 Å². The standard InChI is InChI=1S/C14H14FN3O4S/c1-14(2,3)22-13(21)18-11-9(12(19)20)17-10(23-11)8-7(15)5-4-6-16-8/h4-6H,1-3H3,(H,18,21)(H,19,20). The molecule has 2 aromatic heterocycles. The van der Waals surface area contributed by atoms with Crippen molar-refractivity contribution in [3.8, 4) is 10.7 Å². The van der Waals surface area contributed by atoms with Crippen LogP contribution in [0.5, 0.6) is 0 Å². The second-order valence-corrected chi connectivity index (χ2v) is 6.46. The maximum Gasteiger partial charge on any atom is 0.412 e. The second-order valence-electron chi connectivity index (χ2n) is 5.46. The van der Waals surface area contributed by atoms with Gasteiger partial charge in [-0.3, -0.25) is 10.3 Å². The number of nitrogens with zero attached hydrogens (tertiary/aromatic N) is 2. The molecule has 7 nitrogen and oxygen atoms in total. The molecule has 0 aliphatic rings. The van der Waals surface area contributed by atoms with Crippen LogP contribution in [0.1, 0.15) is 31.3 Å². The van der Waals surface area contributed by atoms with Gasteiger partial charge in [0.15, 0.2) is 11.5 Å². The highest BCUT2D eigenvalue weighted by Gasteiger charge is 2.24. The SMILES string of the molecule is CC(C)(C)OC(=O)Nc1sc(-c2ncccc2F)nc1C(=O)O. The number of nitrogens with one attached hydrogen (secondary N) is 1. The van der Waals surface area contributed by atoms with E-state index >= 15 is 0 Å². The van der Waals surface area contributed by atoms with Crippen molar-refractivity contribution in [1.29, 1.82) is 0 Å². The lowest BCUT2D eigenvalue weighted by Crippen LogP contribution is -2.27. The Bertz CT molecular complexity index is 755. The molecular formula is C14H14FN3O4S. The molecule has 2 rings (SSSR count). The zero-order valence-electron chi connectivity index (χ0n) is 12.6. The summed E-state index contributed by atoms with van der Waals surface area (Å²) in [5.41, 5.74) is -1.23. The Kier molecular flexibility index (Phi) is 4.60. The lowest BCUT2D eigenvalue weighted by Gasteiger charge is -2.19. The van der Waals surface area contributed by atoms with Gasteiger partial charge in [0.05, 0.1) is 0 Å². The highest BCUT2D eigenvalue weighted by atomic mass is 32.1. The van der Waals surface area contributed by atoms with Crippen LogP contribution in [-0.2, 0) is 4.74 Å². The van der Waals surface area contributed by atoms with Crippen LogP contribution >= 0.6 is 11.3 Å². The molecule has 0 aromatic carbocycles. The smallest absolute Gasteiger partial charge is 0.412 e. The second kappa shape index (κ2) is 6.29. The predicted molar refractivity (Wildman–Crippen MR) is 82.1 cm³/mol. The molecule has 23 heavy (non-hydrogen) atoms. The van der Waals surface area contributed by atoms with Crippen LogP contribution in [0, 0.1) is 5.82 Å². The average Bonchev–Trinajstić information content (AvgIpc) is 2.80. The van der Waals surface area contributed by atoms with E-state index in [9.17, 15) is 19.1 Å². The monoisotopic (exact) mass is 339 g/mol. The summed E-state index contributed by atoms with van der Waals surface area (Å²) in [6, 6.07) is 2.59. The minimum atomic E-state index is -1.35. The summed E-state index contributed by atoms with van der Waals surface area (Å²) in [7, 11) is 0. The van der Waals surface area contributed by atoms with E-state index in [4.69, 9.17) is 4.74 Å². The Morgan fingerprint density at radius 3 is 2.65 bits per heavy atom. The third kappa shape index (κ3) is 4.22. The fraction of sp³-hybridized carbons (Fsp3) is 0.286. The fourth-order valence-electron chi connectivity index (χ4n) is 1.59. The molecule has 0 fully saturated rings. The van der Waals surface area contributed by atoms with Crippen LogP contribution in [0.3, 0.4) is 0 Å². The van der Waals surface area contributed by atoms with Gasteiger partial charge in [0.2, 0.25) is 0 Å². The van der Waals surface area contributed by atoms with Gasteiger partial charge in [-0.05, 0) is 32.9 Å². The lowest BCUT2D eigenvalue weighted by molar-refractivity contribution is 0.0636. The molecule has 0 saturated carbocycles. The molecule has 122 valence electrons. The fourth-order valence-corrected chi connectivity index (χ4v) is 2.53. The van der Waals surface area contributed by atoms with Gasteiger partial charge >= 0.3 is 12.1 Å². The van der Waals surface area contributed by atoms with Gasteiger partial charge in [-0.15, -0.1) is 0 Å². The number of carboxylic acid groups (broad SMARTS) is 1. The van der Waals surface area contributed by atoms with Gasteiger partial charge in [0, 0.05) is 6.20 Å². The molecule has 0 aliphatic carbocycles. The quantitative estimate of drug-likeness (QED) is 0.889. The molecule has 2 aromatic rings. The summed E-state index contributed by atoms with van der Waals surface area (Å²) in [5, 5.41) is 11.5. The van der Waals surface area contributed by atoms with Crippen LogP contribution in [0.2, 0.25) is 0 Å². The number of pyridine rings is 1. The maximum absolute atomic E-state index is 13.7. The number of hydrogen-bond donors (Lipinski definition) is 2. The summed E-state index contributed by atoms with van der Waals surface area (Å²) in [6.07, 6.45) is 0.540. The van der Waals surface area contributed by atoms with E-state index in [2.05, 4.69) is 15.3 Å². The lowest BCUT2D eigenvalue weighted by atomic mass is 10.2. The molecule has 0 unspecified atom stereocenters. The molecular weight excluding hydrogens is 325 g/mol. The van der Waals surface area contributed by atoms with Crippen molar-refractivity contribution in [3.05, 3.63) is 29.8 Å². The van der Waals surface area contributed by atoms with E-state index in [0.29, 0.717) is 0 Å². The zero-order valence-corrected chi connectivity index (χ0v) is 13.4. The van der Waals surface area contributed by atoms with Crippen molar-refractivity contribution < 1.29 is 23.8 Å². The number of hydrogen-bond acceptors (Lipinski definition) is 6. The van der Waals surface area contributed by atoms with Crippen LogP contribution in [0.25, 0.3) is 10.7 Å². The highest BCUT2D eigenvalue weighted by molar-refractivity contribution is 7.19. The van der Waals surface area contributed by atoms with Gasteiger partial charge in [-0.1, -0.05) is 11.3 Å². The van der Waals surface area contributed by atoms with Crippen molar-refractivity contribution in [2.24, 2.45) is 0 Å². The van der Waals surface area contributed by atoms with Crippen LogP contribution in [0.15, 0.2) is 18.3 Å². The predicted octanol–water partition coefficient (Wildman–Crippen LogP) is 3.39. The topological polar surface area (TPSA) is 101 Å². The van der Waals surface area contributed by atoms with Gasteiger partial charge in [-0.2, -0.15) is 0 Å². The molecule has 2 N–H and O–H groups in total. The number of aromatic carboxylic acids is 1. The van der Waals surface area contributed by atoms with E-state index < -0.39 is 29.2 Å². The molecule has 0 atom stereocenters. The number of carbonyl (C=O) groups excluding carboxylic acids is 1. The van der Waals surface area contributed by atoms with E-state index in [1.54, 1.807) is 20.8 Å². The summed E-state index contributed by atoms with van der Waals surface area (Å²) < 4.78 is 18.8. The molecule has 2 heterocycles. The Morgan fingerprint density at radius 1 is 1.39 bits per heavy atom. The van der Waals surface area contributed by atoms with E-state index in [1.165, 1.54) is 18.3 Å². The normalized spacial score (nSPS) is 11.1. The Hall–Kier alpha value is -2.55. The van der Waals surface area contributed by atoms with Gasteiger partial charge in [0.1, 0.15) is 21.3 Å². The van der Waals surface area contributed by atoms with Crippen LogP contribution in [-0.4, -0.2) is 32.7 Å². The summed E-state index contributed by atoms with van der Waals surface area (Å²) in [5.74, 6) is -1.99. The summed E-state index contributed by atoms with van der Waals surface area (Å²) in [4.78, 5) is 30.7. The number of carbonyl (C=O) groups is 2. The van der Waals surface area contributed by atoms with Gasteiger partial charge in [0.25, 0.3) is 0 Å². The summed E-state index contributed by atoms with van der Waals surface area (Å²) >= 11 is 0.803. The first kappa shape index (κ1) is 16.8. The van der Waals surface area contributed by atoms with E-state index in [-0.39, 0.29) is 15.7 Å². The third-order valence-electron chi connectivity index (χ3n) is 2.41. The average molecular weight is 339 g/mol. The third-order valence-corrected chi connectivity index (χ3v) is 3.38. The number of rotatable bonds is 3. The molecule has 9 heteroatoms. The van der Waals surface area contributed by atoms with Gasteiger partial charge in [-0.25, -0.2) is 19.0 Å². The van der Waals surface area contributed by atoms with Crippen molar-refractivity contribution in [2.75, 3.05) is 5.32 Å². The van der Waals surface area contributed by atoms with Crippen molar-refractivity contribution >= 4 is 28.4 Å². The molecule has 0 saturated heterocycles. The molecule has 1 amide bonds. The number of amides is 1. The summed E-state index contributed by atoms with van der Waals surface area (Å²) in [6.45, 7) is 5.02. The first-order valence-corrected chi connectivity index (χ1v) is 7.34. The van der Waals surface area contributed by atoms with E-state index in [1.807, 2.05) is 0 Å². The minimum Gasteiger partial charge on any atom is -0.476 e. The first-order valence-electron chi connectivity index (χ1n) is 6.52. The number of halogens is 1. The van der Waals surface area contributed by atoms with E-state index in [0.717, 1.165) is 11.3 Å². The molecule has 0 radical (unpaired) electrons. The Balaban J connectivity index is 2.35. The number of thiazole rings is 1. The number of aromatic nitrogens is 2. The number of carboxylic acids is 1. The van der Waals surface area contributed by atoms with Crippen LogP contribution < -0.4 is 5.32 Å². The zero-order chi connectivity index (χ0) is 17.2. The van der Waals surface area contributed by atoms with Crippen molar-refractivity contribution in [3.63, 3.8) is 0 Å². The Morgan fingerprint density at radius 2 is 2.09 bits per heavy atom. The first-order chi connectivity index (χ1) is 10.7. The van der Waals surface area contributed by atoms with Gasteiger partial charge < -0.3 is 9.84 Å². The highest BCUT2D eigenvalue weighted by Crippen LogP contribution is 2.32.